The van der Waals surface area contributed by atoms with Crippen molar-refractivity contribution in [2.75, 3.05) is 20.8 Å². The topological polar surface area (TPSA) is 63.5 Å². The molecule has 0 bridgehead atoms. The molecule has 1 aliphatic heterocycles. The first-order valence-corrected chi connectivity index (χ1v) is 11.0. The van der Waals surface area contributed by atoms with Crippen molar-refractivity contribution in [3.05, 3.63) is 70.2 Å². The van der Waals surface area contributed by atoms with Gasteiger partial charge in [-0.05, 0) is 53.9 Å². The molecule has 0 aliphatic carbocycles. The van der Waals surface area contributed by atoms with Crippen molar-refractivity contribution in [3.63, 3.8) is 0 Å². The molecule has 1 atom stereocenters. The molecule has 0 saturated carbocycles. The highest BCUT2D eigenvalue weighted by Gasteiger charge is 2.37. The van der Waals surface area contributed by atoms with Crippen LogP contribution in [0.4, 0.5) is 0 Å². The minimum absolute atomic E-state index is 0.0685. The molecule has 162 valence electrons. The third kappa shape index (κ3) is 5.61. The summed E-state index contributed by atoms with van der Waals surface area (Å²) in [5, 5.41) is 9.72. The quantitative estimate of drug-likeness (QED) is 0.302. The Morgan fingerprint density at radius 2 is 1.94 bits per heavy atom. The Bertz CT molecular complexity index is 1040. The lowest BCUT2D eigenvalue weighted by Crippen LogP contribution is -2.32. The van der Waals surface area contributed by atoms with E-state index < -0.39 is 0 Å². The second kappa shape index (κ2) is 10.7. The lowest BCUT2D eigenvalue weighted by molar-refractivity contribution is -0.125. The van der Waals surface area contributed by atoms with Gasteiger partial charge in [-0.25, -0.2) is 0 Å². The van der Waals surface area contributed by atoms with Crippen LogP contribution < -0.4 is 9.47 Å². The maximum Gasteiger partial charge on any atom is 0.242 e. The fourth-order valence-corrected chi connectivity index (χ4v) is 4.51. The molecule has 0 spiro atoms. The summed E-state index contributed by atoms with van der Waals surface area (Å²) in [6.07, 6.45) is 3.68. The molecule has 9 heteroatoms. The molecular formula is C22H21Cl2N3O3S. The van der Waals surface area contributed by atoms with Crippen LogP contribution in [0.3, 0.4) is 0 Å². The van der Waals surface area contributed by atoms with Crippen LogP contribution in [0.1, 0.15) is 11.1 Å². The highest BCUT2D eigenvalue weighted by molar-refractivity contribution is 8.15. The van der Waals surface area contributed by atoms with E-state index in [-0.39, 0.29) is 11.2 Å². The normalized spacial score (nSPS) is 17.5. The lowest BCUT2D eigenvalue weighted by atomic mass is 10.1. The molecule has 0 aromatic heterocycles. The third-order valence-electron chi connectivity index (χ3n) is 4.50. The molecule has 1 amide bonds. The van der Waals surface area contributed by atoms with Crippen LogP contribution in [0.5, 0.6) is 11.5 Å². The van der Waals surface area contributed by atoms with Gasteiger partial charge in [-0.3, -0.25) is 9.69 Å². The summed E-state index contributed by atoms with van der Waals surface area (Å²) in [5.41, 5.74) is 1.60. The number of amidine groups is 1. The van der Waals surface area contributed by atoms with Crippen molar-refractivity contribution < 1.29 is 14.3 Å². The largest absolute Gasteiger partial charge is 0.493 e. The number of hydrogen-bond donors (Lipinski definition) is 0. The average molecular weight is 478 g/mol. The first kappa shape index (κ1) is 23.2. The first-order chi connectivity index (χ1) is 15.0. The molecule has 1 aliphatic rings. The van der Waals surface area contributed by atoms with E-state index in [0.29, 0.717) is 39.7 Å². The van der Waals surface area contributed by atoms with Gasteiger partial charge in [-0.2, -0.15) is 5.10 Å². The Balaban J connectivity index is 1.79. The number of methoxy groups -OCH3 is 2. The average Bonchev–Trinajstić information content (AvgIpc) is 3.05. The number of benzene rings is 2. The fourth-order valence-electron chi connectivity index (χ4n) is 2.99. The number of carbonyl (C=O) groups is 1. The highest BCUT2D eigenvalue weighted by atomic mass is 35.5. The zero-order valence-corrected chi connectivity index (χ0v) is 19.4. The Hall–Kier alpha value is -2.48. The maximum absolute atomic E-state index is 12.9. The van der Waals surface area contributed by atoms with Crippen LogP contribution in [0.15, 0.2) is 59.3 Å². The van der Waals surface area contributed by atoms with Gasteiger partial charge >= 0.3 is 0 Å². The van der Waals surface area contributed by atoms with Gasteiger partial charge in [0.25, 0.3) is 0 Å². The predicted molar refractivity (Wildman–Crippen MR) is 128 cm³/mol. The van der Waals surface area contributed by atoms with Crippen molar-refractivity contribution in [3.8, 4) is 11.5 Å². The van der Waals surface area contributed by atoms with E-state index in [1.54, 1.807) is 61.7 Å². The molecule has 0 unspecified atom stereocenters. The van der Waals surface area contributed by atoms with Gasteiger partial charge < -0.3 is 9.47 Å². The van der Waals surface area contributed by atoms with Gasteiger partial charge in [0.2, 0.25) is 5.91 Å². The van der Waals surface area contributed by atoms with Crippen molar-refractivity contribution in [2.45, 2.75) is 11.7 Å². The summed E-state index contributed by atoms with van der Waals surface area (Å²) in [7, 11) is 3.15. The summed E-state index contributed by atoms with van der Waals surface area (Å²) in [6.45, 7) is 4.07. The number of halogens is 2. The monoisotopic (exact) mass is 477 g/mol. The summed E-state index contributed by atoms with van der Waals surface area (Å²) < 4.78 is 10.5. The molecule has 1 saturated heterocycles. The maximum atomic E-state index is 12.9. The molecule has 1 heterocycles. The Morgan fingerprint density at radius 3 is 2.65 bits per heavy atom. The standard InChI is InChI=1S/C22H21Cl2N3O3S/c1-4-9-27-21(28)20(12-15-11-16(23)6-7-17(15)24)31-22(27)26-25-13-14-5-8-18(29-2)19(10-14)30-3/h4-8,10-11,13,20H,1,9,12H2,2-3H3/b25-13-,26-22-/t20-/m1/s1. The smallest absolute Gasteiger partial charge is 0.242 e. The molecule has 31 heavy (non-hydrogen) atoms. The zero-order chi connectivity index (χ0) is 22.4. The third-order valence-corrected chi connectivity index (χ3v) is 6.27. The number of nitrogens with zero attached hydrogens (tertiary/aromatic N) is 3. The number of amides is 1. The van der Waals surface area contributed by atoms with Gasteiger partial charge in [-0.1, -0.05) is 41.0 Å². The van der Waals surface area contributed by atoms with Gasteiger partial charge in [0, 0.05) is 16.6 Å². The van der Waals surface area contributed by atoms with Gasteiger partial charge in [0.15, 0.2) is 16.7 Å². The van der Waals surface area contributed by atoms with Crippen molar-refractivity contribution >= 4 is 52.3 Å². The van der Waals surface area contributed by atoms with E-state index in [1.807, 2.05) is 6.07 Å². The molecule has 2 aromatic carbocycles. The van der Waals surface area contributed by atoms with E-state index >= 15 is 0 Å². The predicted octanol–water partition coefficient (Wildman–Crippen LogP) is 5.07. The van der Waals surface area contributed by atoms with Crippen LogP contribution in [-0.4, -0.2) is 48.2 Å². The number of hydrogen-bond acceptors (Lipinski definition) is 6. The van der Waals surface area contributed by atoms with Crippen LogP contribution in [0.25, 0.3) is 0 Å². The second-order valence-electron chi connectivity index (χ2n) is 6.53. The van der Waals surface area contributed by atoms with Crippen LogP contribution >= 0.6 is 35.0 Å². The number of thioether (sulfide) groups is 1. The second-order valence-corrected chi connectivity index (χ2v) is 8.54. The number of ether oxygens (including phenoxy) is 2. The van der Waals surface area contributed by atoms with Crippen LogP contribution in [0, 0.1) is 0 Å². The highest BCUT2D eigenvalue weighted by Crippen LogP contribution is 2.32. The Kier molecular flexibility index (Phi) is 8.01. The summed E-state index contributed by atoms with van der Waals surface area (Å²) >= 11 is 13.7. The molecule has 0 radical (unpaired) electrons. The van der Waals surface area contributed by atoms with Crippen LogP contribution in [-0.2, 0) is 11.2 Å². The van der Waals surface area contributed by atoms with Gasteiger partial charge in [0.1, 0.15) is 0 Å². The Morgan fingerprint density at radius 1 is 1.16 bits per heavy atom. The van der Waals surface area contributed by atoms with E-state index in [4.69, 9.17) is 32.7 Å². The van der Waals surface area contributed by atoms with Gasteiger partial charge in [-0.15, -0.1) is 11.7 Å². The molecule has 0 N–H and O–H groups in total. The minimum atomic E-state index is -0.369. The lowest BCUT2D eigenvalue weighted by Gasteiger charge is -2.13. The summed E-state index contributed by atoms with van der Waals surface area (Å²) in [4.78, 5) is 14.5. The zero-order valence-electron chi connectivity index (χ0n) is 17.0. The summed E-state index contributed by atoms with van der Waals surface area (Å²) in [6, 6.07) is 10.6. The minimum Gasteiger partial charge on any atom is -0.493 e. The van der Waals surface area contributed by atoms with E-state index in [1.165, 1.54) is 11.8 Å². The van der Waals surface area contributed by atoms with Crippen molar-refractivity contribution in [1.29, 1.82) is 0 Å². The van der Waals surface area contributed by atoms with Crippen LogP contribution in [0.2, 0.25) is 10.0 Å². The Labute approximate surface area is 195 Å². The van der Waals surface area contributed by atoms with E-state index in [9.17, 15) is 4.79 Å². The van der Waals surface area contributed by atoms with E-state index in [2.05, 4.69) is 16.8 Å². The van der Waals surface area contributed by atoms with E-state index in [0.717, 1.165) is 11.1 Å². The first-order valence-electron chi connectivity index (χ1n) is 9.32. The summed E-state index contributed by atoms with van der Waals surface area (Å²) in [5.74, 6) is 1.15. The molecule has 2 aromatic rings. The fraction of sp³-hybridized carbons (Fsp3) is 0.227. The van der Waals surface area contributed by atoms with Crippen molar-refractivity contribution in [2.24, 2.45) is 10.2 Å². The van der Waals surface area contributed by atoms with Crippen molar-refractivity contribution in [1.82, 2.24) is 4.90 Å². The molecular weight excluding hydrogens is 457 g/mol. The van der Waals surface area contributed by atoms with Gasteiger partial charge in [0.05, 0.1) is 25.7 Å². The molecule has 6 nitrogen and oxygen atoms in total. The molecule has 1 fully saturated rings. The SMILES string of the molecule is C=CCN1C(=O)[C@@H](Cc2cc(Cl)ccc2Cl)S/C1=N\N=C/c1ccc(OC)c(OC)c1. The number of carbonyl (C=O) groups excluding carboxylic acids is 1. The molecule has 3 rings (SSSR count). The number of rotatable bonds is 8.